The van der Waals surface area contributed by atoms with Crippen molar-refractivity contribution in [3.8, 4) is 5.75 Å². The Morgan fingerprint density at radius 1 is 1.14 bits per heavy atom. The highest BCUT2D eigenvalue weighted by Gasteiger charge is 2.32. The van der Waals surface area contributed by atoms with E-state index in [2.05, 4.69) is 67.0 Å². The largest absolute Gasteiger partial charge is 0.492 e. The number of ether oxygens (including phenoxy) is 1. The van der Waals surface area contributed by atoms with E-state index in [1.54, 1.807) is 0 Å². The Balaban J connectivity index is 1.99. The van der Waals surface area contributed by atoms with Crippen molar-refractivity contribution in [3.05, 3.63) is 63.1 Å². The molecule has 1 unspecified atom stereocenters. The van der Waals surface area contributed by atoms with E-state index in [0.717, 1.165) is 28.0 Å². The van der Waals surface area contributed by atoms with E-state index < -0.39 is 0 Å². The van der Waals surface area contributed by atoms with E-state index in [1.807, 2.05) is 6.07 Å². The maximum Gasteiger partial charge on any atom is 0.123 e. The van der Waals surface area contributed by atoms with Crippen LogP contribution in [0, 0.1) is 6.92 Å². The summed E-state index contributed by atoms with van der Waals surface area (Å²) in [6, 6.07) is 12.6. The summed E-state index contributed by atoms with van der Waals surface area (Å²) in [4.78, 5) is 0. The first kappa shape index (κ1) is 14.9. The zero-order valence-electron chi connectivity index (χ0n) is 12.4. The van der Waals surface area contributed by atoms with Gasteiger partial charge in [0.2, 0.25) is 0 Å². The lowest BCUT2D eigenvalue weighted by molar-refractivity contribution is 0.291. The lowest BCUT2D eigenvalue weighted by Crippen LogP contribution is -2.18. The highest BCUT2D eigenvalue weighted by molar-refractivity contribution is 9.10. The SMILES string of the molecule is Cc1cc(C(Cl)c2ccc3c(c2)C(C)(C)CO3)ccc1Br. The van der Waals surface area contributed by atoms with Gasteiger partial charge in [-0.1, -0.05) is 48.0 Å². The van der Waals surface area contributed by atoms with Crippen LogP contribution in [0.4, 0.5) is 0 Å². The predicted octanol–water partition coefficient (Wildman–Crippen LogP) is 5.76. The van der Waals surface area contributed by atoms with Gasteiger partial charge in [0, 0.05) is 15.5 Å². The normalized spacial score (nSPS) is 17.2. The molecule has 1 atom stereocenters. The second-order valence-corrected chi connectivity index (χ2v) is 7.59. The first-order valence-corrected chi connectivity index (χ1v) is 8.29. The maximum atomic E-state index is 6.69. The van der Waals surface area contributed by atoms with Crippen LogP contribution in [-0.4, -0.2) is 6.61 Å². The third-order valence-corrected chi connectivity index (χ3v) is 5.48. The van der Waals surface area contributed by atoms with Crippen LogP contribution in [-0.2, 0) is 5.41 Å². The van der Waals surface area contributed by atoms with Crippen molar-refractivity contribution in [2.24, 2.45) is 0 Å². The van der Waals surface area contributed by atoms with Crippen LogP contribution in [0.3, 0.4) is 0 Å². The molecule has 0 aromatic heterocycles. The molecule has 3 rings (SSSR count). The van der Waals surface area contributed by atoms with Crippen molar-refractivity contribution < 1.29 is 4.74 Å². The molecule has 0 saturated carbocycles. The fourth-order valence-electron chi connectivity index (χ4n) is 2.71. The number of rotatable bonds is 2. The fraction of sp³-hybridized carbons (Fsp3) is 0.333. The lowest BCUT2D eigenvalue weighted by atomic mass is 9.85. The van der Waals surface area contributed by atoms with Crippen LogP contribution in [0.5, 0.6) is 5.75 Å². The molecule has 1 aliphatic rings. The van der Waals surface area contributed by atoms with Gasteiger partial charge in [-0.2, -0.15) is 0 Å². The summed E-state index contributed by atoms with van der Waals surface area (Å²) in [5.41, 5.74) is 4.74. The van der Waals surface area contributed by atoms with E-state index >= 15 is 0 Å². The third kappa shape index (κ3) is 2.72. The van der Waals surface area contributed by atoms with Crippen molar-refractivity contribution in [1.82, 2.24) is 0 Å². The zero-order chi connectivity index (χ0) is 15.2. The highest BCUT2D eigenvalue weighted by Crippen LogP contribution is 2.41. The minimum atomic E-state index is -0.140. The number of fused-ring (bicyclic) bond motifs is 1. The van der Waals surface area contributed by atoms with Gasteiger partial charge in [-0.05, 0) is 41.8 Å². The summed E-state index contributed by atoms with van der Waals surface area (Å²) >= 11 is 10.2. The number of hydrogen-bond donors (Lipinski definition) is 0. The number of benzene rings is 2. The van der Waals surface area contributed by atoms with Gasteiger partial charge in [0.15, 0.2) is 0 Å². The molecule has 3 heteroatoms. The van der Waals surface area contributed by atoms with Crippen molar-refractivity contribution in [2.75, 3.05) is 6.61 Å². The summed E-state index contributed by atoms with van der Waals surface area (Å²) < 4.78 is 6.85. The molecule has 0 saturated heterocycles. The number of aryl methyl sites for hydroxylation is 1. The molecule has 0 fully saturated rings. The van der Waals surface area contributed by atoms with Crippen molar-refractivity contribution in [1.29, 1.82) is 0 Å². The summed E-state index contributed by atoms with van der Waals surface area (Å²) in [5, 5.41) is -0.140. The minimum Gasteiger partial charge on any atom is -0.492 e. The van der Waals surface area contributed by atoms with Crippen LogP contribution < -0.4 is 4.74 Å². The minimum absolute atomic E-state index is 0.0532. The molecular formula is C18H18BrClO. The molecule has 0 N–H and O–H groups in total. The summed E-state index contributed by atoms with van der Waals surface area (Å²) in [6.45, 7) is 7.22. The topological polar surface area (TPSA) is 9.23 Å². The maximum absolute atomic E-state index is 6.69. The molecule has 0 amide bonds. The van der Waals surface area contributed by atoms with E-state index in [1.165, 1.54) is 11.1 Å². The average Bonchev–Trinajstić information content (AvgIpc) is 2.76. The quantitative estimate of drug-likeness (QED) is 0.615. The standard InChI is InChI=1S/C18H18BrClO/c1-11-8-12(4-6-15(11)19)17(20)13-5-7-16-14(9-13)18(2,3)10-21-16/h4-9,17H,10H2,1-3H3. The number of halogens is 2. The Labute approximate surface area is 139 Å². The van der Waals surface area contributed by atoms with Crippen LogP contribution in [0.25, 0.3) is 0 Å². The van der Waals surface area contributed by atoms with Crippen molar-refractivity contribution >= 4 is 27.5 Å². The smallest absolute Gasteiger partial charge is 0.123 e. The molecule has 0 spiro atoms. The highest BCUT2D eigenvalue weighted by atomic mass is 79.9. The molecule has 0 aliphatic carbocycles. The molecule has 2 aromatic carbocycles. The molecule has 2 aromatic rings. The van der Waals surface area contributed by atoms with E-state index in [9.17, 15) is 0 Å². The lowest BCUT2D eigenvalue weighted by Gasteiger charge is -2.18. The van der Waals surface area contributed by atoms with E-state index in [0.29, 0.717) is 0 Å². The second kappa shape index (κ2) is 5.33. The Morgan fingerprint density at radius 2 is 1.81 bits per heavy atom. The molecular weight excluding hydrogens is 348 g/mol. The molecule has 110 valence electrons. The van der Waals surface area contributed by atoms with Gasteiger partial charge in [-0.3, -0.25) is 0 Å². The van der Waals surface area contributed by atoms with Crippen LogP contribution in [0.1, 0.15) is 41.5 Å². The Morgan fingerprint density at radius 3 is 2.52 bits per heavy atom. The molecule has 0 bridgehead atoms. The summed E-state index contributed by atoms with van der Waals surface area (Å²) in [5.74, 6) is 0.986. The monoisotopic (exact) mass is 364 g/mol. The molecule has 1 aliphatic heterocycles. The predicted molar refractivity (Wildman–Crippen MR) is 91.5 cm³/mol. The Bertz CT molecular complexity index is 694. The van der Waals surface area contributed by atoms with Crippen molar-refractivity contribution in [2.45, 2.75) is 31.6 Å². The average molecular weight is 366 g/mol. The molecule has 21 heavy (non-hydrogen) atoms. The van der Waals surface area contributed by atoms with Gasteiger partial charge >= 0.3 is 0 Å². The van der Waals surface area contributed by atoms with Crippen LogP contribution in [0.2, 0.25) is 0 Å². The van der Waals surface area contributed by atoms with Gasteiger partial charge in [-0.25, -0.2) is 0 Å². The molecule has 1 heterocycles. The van der Waals surface area contributed by atoms with Crippen LogP contribution in [0.15, 0.2) is 40.9 Å². The van der Waals surface area contributed by atoms with Gasteiger partial charge in [0.25, 0.3) is 0 Å². The first-order chi connectivity index (χ1) is 9.88. The first-order valence-electron chi connectivity index (χ1n) is 7.06. The molecule has 0 radical (unpaired) electrons. The molecule has 1 nitrogen and oxygen atoms in total. The van der Waals surface area contributed by atoms with Gasteiger partial charge < -0.3 is 4.74 Å². The van der Waals surface area contributed by atoms with Gasteiger partial charge in [0.1, 0.15) is 5.75 Å². The number of hydrogen-bond acceptors (Lipinski definition) is 1. The Kier molecular flexibility index (Phi) is 3.79. The Hall–Kier alpha value is -0.990. The van der Waals surface area contributed by atoms with Gasteiger partial charge in [0.05, 0.1) is 12.0 Å². The van der Waals surface area contributed by atoms with Crippen molar-refractivity contribution in [3.63, 3.8) is 0 Å². The van der Waals surface area contributed by atoms with Gasteiger partial charge in [-0.15, -0.1) is 11.6 Å². The zero-order valence-corrected chi connectivity index (χ0v) is 14.8. The van der Waals surface area contributed by atoms with E-state index in [4.69, 9.17) is 16.3 Å². The fourth-order valence-corrected chi connectivity index (χ4v) is 3.23. The van der Waals surface area contributed by atoms with Crippen LogP contribution >= 0.6 is 27.5 Å². The summed E-state index contributed by atoms with van der Waals surface area (Å²) in [6.07, 6.45) is 0. The summed E-state index contributed by atoms with van der Waals surface area (Å²) in [7, 11) is 0. The number of alkyl halides is 1. The van der Waals surface area contributed by atoms with E-state index in [-0.39, 0.29) is 10.8 Å². The third-order valence-electron chi connectivity index (χ3n) is 4.09. The second-order valence-electron chi connectivity index (χ2n) is 6.30.